The van der Waals surface area contributed by atoms with Crippen LogP contribution in [0.4, 0.5) is 0 Å². The second-order valence-corrected chi connectivity index (χ2v) is 5.32. The van der Waals surface area contributed by atoms with Gasteiger partial charge in [-0.05, 0) is 0 Å². The Hall–Kier alpha value is -1.47. The normalized spacial score (nSPS) is 10.0. The van der Waals surface area contributed by atoms with E-state index < -0.39 is 0 Å². The molecule has 0 bridgehead atoms. The molecule has 0 fully saturated rings. The maximum absolute atomic E-state index is 2.20. The monoisotopic (exact) mass is 438 g/mol. The Morgan fingerprint density at radius 1 is 0.619 bits per heavy atom. The maximum Gasteiger partial charge on any atom is 0 e. The van der Waals surface area contributed by atoms with Crippen LogP contribution in [0.1, 0.15) is 11.1 Å². The van der Waals surface area contributed by atoms with E-state index in [4.69, 9.17) is 0 Å². The third-order valence-electron chi connectivity index (χ3n) is 3.52. The summed E-state index contributed by atoms with van der Waals surface area (Å²) in [6.45, 7) is 4.25. The average Bonchev–Trinajstić information content (AvgIpc) is 2.99. The fourth-order valence-corrected chi connectivity index (χ4v) is 2.61. The minimum Gasteiger partial charge on any atom is -0.165 e. The number of aryl methyl sites for hydroxylation is 2. The van der Waals surface area contributed by atoms with Crippen LogP contribution in [0.15, 0.2) is 72.8 Å². The summed E-state index contributed by atoms with van der Waals surface area (Å²) in [5.74, 6) is 0. The van der Waals surface area contributed by atoms with Gasteiger partial charge >= 0.3 is 0 Å². The largest absolute Gasteiger partial charge is 0.165 e. The van der Waals surface area contributed by atoms with E-state index in [0.717, 1.165) is 0 Å². The Morgan fingerprint density at radius 3 is 1.38 bits per heavy atom. The molecule has 0 unspecified atom stereocenters. The zero-order valence-corrected chi connectivity index (χ0v) is 16.0. The van der Waals surface area contributed by atoms with Gasteiger partial charge in [0.25, 0.3) is 0 Å². The van der Waals surface area contributed by atoms with Crippen molar-refractivity contribution < 1.29 is 25.8 Å². The van der Waals surface area contributed by atoms with Gasteiger partial charge in [-0.25, -0.2) is 0 Å². The molecule has 0 atom stereocenters. The van der Waals surface area contributed by atoms with Crippen LogP contribution >= 0.6 is 0 Å². The van der Waals surface area contributed by atoms with Crippen molar-refractivity contribution in [3.63, 3.8) is 0 Å². The summed E-state index contributed by atoms with van der Waals surface area (Å²) in [7, 11) is 0. The predicted octanol–water partition coefficient (Wildman–Crippen LogP) is 5.73. The Kier molecular flexibility index (Phi) is 5.30. The SMILES string of the molecule is Cc1cc2ccccc2[cH-]1.Cc1cc2ccccc2[cH-]1.[Hf]. The van der Waals surface area contributed by atoms with Crippen molar-refractivity contribution >= 4 is 21.5 Å². The molecule has 0 amide bonds. The molecule has 0 spiro atoms. The zero-order valence-electron chi connectivity index (χ0n) is 12.4. The van der Waals surface area contributed by atoms with Gasteiger partial charge in [-0.2, -0.15) is 12.1 Å². The van der Waals surface area contributed by atoms with Gasteiger partial charge in [0.15, 0.2) is 0 Å². The molecule has 0 heterocycles. The standard InChI is InChI=1S/2C10H9.Hf/c2*1-8-6-9-4-2-3-5-10(9)7-8;/h2*2-7H,1H3;/q2*-1;. The molecule has 0 aromatic heterocycles. The van der Waals surface area contributed by atoms with E-state index in [1.807, 2.05) is 0 Å². The smallest absolute Gasteiger partial charge is 0 e. The van der Waals surface area contributed by atoms with Crippen molar-refractivity contribution in [2.45, 2.75) is 13.8 Å². The third kappa shape index (κ3) is 3.79. The van der Waals surface area contributed by atoms with E-state index >= 15 is 0 Å². The fraction of sp³-hybridized carbons (Fsp3) is 0.100. The first-order valence-corrected chi connectivity index (χ1v) is 6.96. The molecule has 4 aromatic rings. The van der Waals surface area contributed by atoms with E-state index in [0.29, 0.717) is 0 Å². The van der Waals surface area contributed by atoms with Gasteiger partial charge in [-0.1, -0.05) is 26.0 Å². The maximum atomic E-state index is 2.20. The van der Waals surface area contributed by atoms with Gasteiger partial charge in [-0.3, -0.25) is 0 Å². The van der Waals surface area contributed by atoms with Crippen LogP contribution in [0, 0.1) is 13.8 Å². The number of hydrogen-bond acceptors (Lipinski definition) is 0. The van der Waals surface area contributed by atoms with Crippen molar-refractivity contribution in [2.24, 2.45) is 0 Å². The van der Waals surface area contributed by atoms with Crippen LogP contribution in [0.5, 0.6) is 0 Å². The second-order valence-electron chi connectivity index (χ2n) is 5.32. The summed E-state index contributed by atoms with van der Waals surface area (Å²) in [5, 5.41) is 5.39. The summed E-state index contributed by atoms with van der Waals surface area (Å²) in [5.41, 5.74) is 2.70. The number of fused-ring (bicyclic) bond motifs is 2. The fourth-order valence-electron chi connectivity index (χ4n) is 2.61. The van der Waals surface area contributed by atoms with Crippen LogP contribution in [0.2, 0.25) is 0 Å². The molecule has 0 aliphatic heterocycles. The molecule has 0 radical (unpaired) electrons. The van der Waals surface area contributed by atoms with Gasteiger partial charge in [0.1, 0.15) is 0 Å². The molecule has 21 heavy (non-hydrogen) atoms. The van der Waals surface area contributed by atoms with Crippen LogP contribution in [-0.4, -0.2) is 0 Å². The van der Waals surface area contributed by atoms with E-state index in [2.05, 4.69) is 86.6 Å². The van der Waals surface area contributed by atoms with Crippen molar-refractivity contribution in [1.29, 1.82) is 0 Å². The third-order valence-corrected chi connectivity index (χ3v) is 3.52. The van der Waals surface area contributed by atoms with E-state index in [9.17, 15) is 0 Å². The molecule has 104 valence electrons. The van der Waals surface area contributed by atoms with E-state index in [1.165, 1.54) is 32.7 Å². The minimum atomic E-state index is 0. The average molecular weight is 437 g/mol. The topological polar surface area (TPSA) is 0 Å². The quantitative estimate of drug-likeness (QED) is 0.244. The Morgan fingerprint density at radius 2 is 1.00 bits per heavy atom. The summed E-state index contributed by atoms with van der Waals surface area (Å²) < 4.78 is 0. The first-order valence-electron chi connectivity index (χ1n) is 6.96. The van der Waals surface area contributed by atoms with Gasteiger partial charge < -0.3 is 0 Å². The molecular weight excluding hydrogens is 419 g/mol. The first kappa shape index (κ1) is 15.9. The van der Waals surface area contributed by atoms with Crippen LogP contribution in [0.3, 0.4) is 0 Å². The van der Waals surface area contributed by atoms with Crippen molar-refractivity contribution in [1.82, 2.24) is 0 Å². The van der Waals surface area contributed by atoms with Crippen molar-refractivity contribution in [3.05, 3.63) is 83.9 Å². The van der Waals surface area contributed by atoms with Crippen LogP contribution in [0.25, 0.3) is 21.5 Å². The number of benzene rings is 2. The minimum absolute atomic E-state index is 0. The molecule has 1 heteroatoms. The molecule has 0 aliphatic carbocycles. The van der Waals surface area contributed by atoms with Crippen LogP contribution < -0.4 is 0 Å². The number of hydrogen-bond donors (Lipinski definition) is 0. The first-order chi connectivity index (χ1) is 9.72. The molecule has 0 saturated heterocycles. The second kappa shape index (κ2) is 7.00. The summed E-state index contributed by atoms with van der Waals surface area (Å²) >= 11 is 0. The Bertz CT molecular complexity index is 695. The van der Waals surface area contributed by atoms with Gasteiger partial charge in [0.2, 0.25) is 0 Å². The molecule has 4 rings (SSSR count). The van der Waals surface area contributed by atoms with E-state index in [1.54, 1.807) is 0 Å². The molecule has 4 aromatic carbocycles. The molecule has 0 nitrogen and oxygen atoms in total. The molecule has 0 saturated carbocycles. The Labute approximate surface area is 144 Å². The molecule has 0 aliphatic rings. The van der Waals surface area contributed by atoms with Gasteiger partial charge in [-0.15, -0.1) is 81.2 Å². The van der Waals surface area contributed by atoms with Gasteiger partial charge in [0.05, 0.1) is 0 Å². The summed E-state index contributed by atoms with van der Waals surface area (Å²) in [6.07, 6.45) is 0. The van der Waals surface area contributed by atoms with Crippen molar-refractivity contribution in [3.8, 4) is 0 Å². The van der Waals surface area contributed by atoms with Crippen LogP contribution in [-0.2, 0) is 25.8 Å². The molecule has 0 N–H and O–H groups in total. The zero-order chi connectivity index (χ0) is 13.9. The van der Waals surface area contributed by atoms with Crippen molar-refractivity contribution in [2.75, 3.05) is 0 Å². The number of rotatable bonds is 0. The summed E-state index contributed by atoms with van der Waals surface area (Å²) in [4.78, 5) is 0. The Balaban J connectivity index is 0.000000147. The van der Waals surface area contributed by atoms with E-state index in [-0.39, 0.29) is 25.8 Å². The van der Waals surface area contributed by atoms with Gasteiger partial charge in [0, 0.05) is 25.8 Å². The predicted molar refractivity (Wildman–Crippen MR) is 88.6 cm³/mol. The molecular formula is C20H18Hf-2. The summed E-state index contributed by atoms with van der Waals surface area (Å²) in [6, 6.07) is 25.7.